The van der Waals surface area contributed by atoms with Crippen LogP contribution >= 0.6 is 0 Å². The molecule has 0 aliphatic carbocycles. The van der Waals surface area contributed by atoms with Gasteiger partial charge in [-0.1, -0.05) is 31.2 Å². The Morgan fingerprint density at radius 3 is 2.24 bits per heavy atom. The molecule has 1 unspecified atom stereocenters. The molecule has 1 fully saturated rings. The molecule has 2 aromatic rings. The molecule has 2 aromatic carbocycles. The Balaban J connectivity index is 1.86. The number of hydrogen-bond acceptors (Lipinski definition) is 5. The number of nitrogens with zero attached hydrogens (tertiary/aromatic N) is 1. The van der Waals surface area contributed by atoms with Crippen molar-refractivity contribution in [2.24, 2.45) is 5.14 Å². The second-order valence-electron chi connectivity index (χ2n) is 7.65. The van der Waals surface area contributed by atoms with Crippen LogP contribution in [0.3, 0.4) is 0 Å². The SMILES string of the molecule is CC(CCCN1CCCC1)c1ccc(S(=O)(=O)c2ccccc2)cc1S(N)(=O)=O. The highest BCUT2D eigenvalue weighted by Gasteiger charge is 2.24. The van der Waals surface area contributed by atoms with E-state index in [0.29, 0.717) is 5.56 Å². The summed E-state index contributed by atoms with van der Waals surface area (Å²) >= 11 is 0. The van der Waals surface area contributed by atoms with E-state index in [-0.39, 0.29) is 20.6 Å². The number of benzene rings is 2. The summed E-state index contributed by atoms with van der Waals surface area (Å²) in [5.41, 5.74) is 0.570. The zero-order valence-electron chi connectivity index (χ0n) is 16.6. The molecule has 8 heteroatoms. The van der Waals surface area contributed by atoms with E-state index >= 15 is 0 Å². The third-order valence-corrected chi connectivity index (χ3v) is 8.23. The average molecular weight is 437 g/mol. The maximum atomic E-state index is 12.9. The molecular weight excluding hydrogens is 408 g/mol. The van der Waals surface area contributed by atoms with Crippen LogP contribution in [0.15, 0.2) is 63.2 Å². The lowest BCUT2D eigenvalue weighted by atomic mass is 9.96. The van der Waals surface area contributed by atoms with Crippen molar-refractivity contribution in [3.05, 3.63) is 54.1 Å². The number of sulfonamides is 1. The van der Waals surface area contributed by atoms with Crippen molar-refractivity contribution in [2.45, 2.75) is 53.2 Å². The van der Waals surface area contributed by atoms with Crippen molar-refractivity contribution >= 4 is 19.9 Å². The van der Waals surface area contributed by atoms with E-state index in [1.165, 1.54) is 37.1 Å². The zero-order valence-corrected chi connectivity index (χ0v) is 18.3. The highest BCUT2D eigenvalue weighted by molar-refractivity contribution is 7.91. The highest BCUT2D eigenvalue weighted by atomic mass is 32.2. The van der Waals surface area contributed by atoms with Crippen LogP contribution in [0.4, 0.5) is 0 Å². The monoisotopic (exact) mass is 436 g/mol. The lowest BCUT2D eigenvalue weighted by molar-refractivity contribution is 0.326. The van der Waals surface area contributed by atoms with Gasteiger partial charge in [-0.3, -0.25) is 0 Å². The fourth-order valence-corrected chi connectivity index (χ4v) is 6.13. The van der Waals surface area contributed by atoms with E-state index in [1.807, 2.05) is 6.92 Å². The van der Waals surface area contributed by atoms with Gasteiger partial charge < -0.3 is 4.90 Å². The molecule has 1 aliphatic heterocycles. The van der Waals surface area contributed by atoms with Gasteiger partial charge in [0.05, 0.1) is 14.7 Å². The normalized spacial score (nSPS) is 16.8. The van der Waals surface area contributed by atoms with Crippen molar-refractivity contribution in [3.8, 4) is 0 Å². The standard InChI is InChI=1S/C21H28N2O4S2/c1-17(8-7-15-23-13-5-6-14-23)20-12-11-19(16-21(20)29(22,26)27)28(24,25)18-9-3-2-4-10-18/h2-4,9-12,16-17H,5-8,13-15H2,1H3,(H2,22,26,27). The fraction of sp³-hybridized carbons (Fsp3) is 0.429. The van der Waals surface area contributed by atoms with Crippen LogP contribution in [0.2, 0.25) is 0 Å². The maximum absolute atomic E-state index is 12.9. The second-order valence-corrected chi connectivity index (χ2v) is 11.1. The summed E-state index contributed by atoms with van der Waals surface area (Å²) in [6.45, 7) is 5.21. The van der Waals surface area contributed by atoms with Gasteiger partial charge in [0.25, 0.3) is 0 Å². The van der Waals surface area contributed by atoms with Gasteiger partial charge in [-0.05, 0) is 81.1 Å². The van der Waals surface area contributed by atoms with Crippen molar-refractivity contribution < 1.29 is 16.8 Å². The molecule has 0 amide bonds. The van der Waals surface area contributed by atoms with E-state index in [0.717, 1.165) is 32.5 Å². The molecular formula is C21H28N2O4S2. The third kappa shape index (κ3) is 5.25. The largest absolute Gasteiger partial charge is 0.303 e. The minimum Gasteiger partial charge on any atom is -0.303 e. The predicted molar refractivity (Wildman–Crippen MR) is 113 cm³/mol. The first-order valence-electron chi connectivity index (χ1n) is 9.89. The third-order valence-electron chi connectivity index (χ3n) is 5.50. The molecule has 0 aromatic heterocycles. The lowest BCUT2D eigenvalue weighted by Crippen LogP contribution is -2.21. The molecule has 3 rings (SSSR count). The summed E-state index contributed by atoms with van der Waals surface area (Å²) in [6.07, 6.45) is 4.24. The minimum absolute atomic E-state index is 0.0422. The molecule has 1 atom stereocenters. The van der Waals surface area contributed by atoms with Crippen LogP contribution in [-0.4, -0.2) is 41.4 Å². The average Bonchev–Trinajstić information content (AvgIpc) is 3.21. The van der Waals surface area contributed by atoms with E-state index in [1.54, 1.807) is 24.3 Å². The summed E-state index contributed by atoms with van der Waals surface area (Å²) < 4.78 is 50.2. The molecule has 6 nitrogen and oxygen atoms in total. The fourth-order valence-electron chi connectivity index (χ4n) is 3.85. The van der Waals surface area contributed by atoms with Gasteiger partial charge >= 0.3 is 0 Å². The Kier molecular flexibility index (Phi) is 6.78. The molecule has 0 saturated carbocycles. The summed E-state index contributed by atoms with van der Waals surface area (Å²) in [7, 11) is -7.88. The zero-order chi connectivity index (χ0) is 21.1. The van der Waals surface area contributed by atoms with Crippen molar-refractivity contribution in [1.29, 1.82) is 0 Å². The van der Waals surface area contributed by atoms with E-state index in [9.17, 15) is 16.8 Å². The summed E-state index contributed by atoms with van der Waals surface area (Å²) in [5.74, 6) is -0.0422. The number of sulfone groups is 1. The van der Waals surface area contributed by atoms with Crippen molar-refractivity contribution in [2.75, 3.05) is 19.6 Å². The molecule has 2 N–H and O–H groups in total. The predicted octanol–water partition coefficient (Wildman–Crippen LogP) is 3.15. The first-order valence-corrected chi connectivity index (χ1v) is 12.9. The Labute approximate surface area is 173 Å². The first kappa shape index (κ1) is 22.0. The van der Waals surface area contributed by atoms with Gasteiger partial charge in [0.2, 0.25) is 19.9 Å². The topological polar surface area (TPSA) is 97.5 Å². The summed E-state index contributed by atoms with van der Waals surface area (Å²) in [5, 5.41) is 5.44. The van der Waals surface area contributed by atoms with Crippen LogP contribution in [-0.2, 0) is 19.9 Å². The Hall–Kier alpha value is -1.74. The van der Waals surface area contributed by atoms with Crippen LogP contribution in [0, 0.1) is 0 Å². The highest BCUT2D eigenvalue weighted by Crippen LogP contribution is 2.31. The van der Waals surface area contributed by atoms with Gasteiger partial charge in [-0.25, -0.2) is 22.0 Å². The number of likely N-dealkylation sites (tertiary alicyclic amines) is 1. The van der Waals surface area contributed by atoms with Crippen molar-refractivity contribution in [1.82, 2.24) is 4.90 Å². The number of rotatable bonds is 8. The molecule has 29 heavy (non-hydrogen) atoms. The molecule has 0 radical (unpaired) electrons. The Morgan fingerprint density at radius 2 is 1.62 bits per heavy atom. The molecule has 1 saturated heterocycles. The molecule has 158 valence electrons. The lowest BCUT2D eigenvalue weighted by Gasteiger charge is -2.19. The van der Waals surface area contributed by atoms with E-state index in [2.05, 4.69) is 4.90 Å². The number of nitrogens with two attached hydrogens (primary N) is 1. The van der Waals surface area contributed by atoms with Gasteiger partial charge in [0, 0.05) is 0 Å². The summed E-state index contributed by atoms with van der Waals surface area (Å²) in [4.78, 5) is 2.36. The first-order chi connectivity index (χ1) is 13.7. The van der Waals surface area contributed by atoms with Gasteiger partial charge in [0.15, 0.2) is 0 Å². The van der Waals surface area contributed by atoms with Crippen molar-refractivity contribution in [3.63, 3.8) is 0 Å². The maximum Gasteiger partial charge on any atom is 0.238 e. The number of hydrogen-bond donors (Lipinski definition) is 1. The molecule has 1 aliphatic rings. The van der Waals surface area contributed by atoms with E-state index < -0.39 is 19.9 Å². The minimum atomic E-state index is -4.06. The number of primary sulfonamides is 1. The Morgan fingerprint density at radius 1 is 0.966 bits per heavy atom. The van der Waals surface area contributed by atoms with Crippen LogP contribution in [0.5, 0.6) is 0 Å². The quantitative estimate of drug-likeness (QED) is 0.685. The molecule has 0 bridgehead atoms. The smallest absolute Gasteiger partial charge is 0.238 e. The van der Waals surface area contributed by atoms with E-state index in [4.69, 9.17) is 5.14 Å². The van der Waals surface area contributed by atoms with Crippen LogP contribution in [0.1, 0.15) is 44.1 Å². The Bertz CT molecular complexity index is 1050. The van der Waals surface area contributed by atoms with Gasteiger partial charge in [0.1, 0.15) is 0 Å². The summed E-state index contributed by atoms with van der Waals surface area (Å²) in [6, 6.07) is 12.2. The molecule has 0 spiro atoms. The van der Waals surface area contributed by atoms with Crippen LogP contribution in [0.25, 0.3) is 0 Å². The second kappa shape index (κ2) is 8.95. The van der Waals surface area contributed by atoms with Gasteiger partial charge in [-0.2, -0.15) is 0 Å². The van der Waals surface area contributed by atoms with Crippen LogP contribution < -0.4 is 5.14 Å². The molecule has 1 heterocycles. The van der Waals surface area contributed by atoms with Gasteiger partial charge in [-0.15, -0.1) is 0 Å².